The molecule has 0 bridgehead atoms. The summed E-state index contributed by atoms with van der Waals surface area (Å²) >= 11 is 1.89. The van der Waals surface area contributed by atoms with Crippen LogP contribution in [0.25, 0.3) is 0 Å². The summed E-state index contributed by atoms with van der Waals surface area (Å²) in [6, 6.07) is 3.71. The largest absolute Gasteiger partial charge is 0.462 e. The summed E-state index contributed by atoms with van der Waals surface area (Å²) in [5.74, 6) is 2.76. The SMILES string of the molecule is CSCCCCNCc1ccc(CO)o1. The number of hydrogen-bond acceptors (Lipinski definition) is 4. The number of nitrogens with one attached hydrogen (secondary N) is 1. The smallest absolute Gasteiger partial charge is 0.129 e. The molecule has 0 amide bonds. The minimum Gasteiger partial charge on any atom is -0.462 e. The molecule has 1 heterocycles. The predicted octanol–water partition coefficient (Wildman–Crippen LogP) is 2.00. The van der Waals surface area contributed by atoms with Crippen LogP contribution in [0.2, 0.25) is 0 Å². The van der Waals surface area contributed by atoms with Gasteiger partial charge in [-0.1, -0.05) is 0 Å². The molecule has 0 saturated heterocycles. The zero-order valence-corrected chi connectivity index (χ0v) is 9.98. The van der Waals surface area contributed by atoms with Crippen molar-refractivity contribution in [3.8, 4) is 0 Å². The van der Waals surface area contributed by atoms with Gasteiger partial charge in [0.2, 0.25) is 0 Å². The monoisotopic (exact) mass is 229 g/mol. The zero-order chi connectivity index (χ0) is 10.9. The minimum absolute atomic E-state index is 0.0201. The van der Waals surface area contributed by atoms with Crippen molar-refractivity contribution >= 4 is 11.8 Å². The van der Waals surface area contributed by atoms with Crippen LogP contribution in [0.1, 0.15) is 24.4 Å². The lowest BCUT2D eigenvalue weighted by atomic mass is 10.3. The molecule has 0 radical (unpaired) electrons. The van der Waals surface area contributed by atoms with Gasteiger partial charge in [-0.25, -0.2) is 0 Å². The van der Waals surface area contributed by atoms with E-state index in [-0.39, 0.29) is 6.61 Å². The lowest BCUT2D eigenvalue weighted by Gasteiger charge is -2.01. The molecule has 0 atom stereocenters. The fourth-order valence-corrected chi connectivity index (χ4v) is 1.80. The van der Waals surface area contributed by atoms with Crippen LogP contribution in [0.5, 0.6) is 0 Å². The Morgan fingerprint density at radius 2 is 2.13 bits per heavy atom. The van der Waals surface area contributed by atoms with Gasteiger partial charge in [-0.15, -0.1) is 0 Å². The van der Waals surface area contributed by atoms with Crippen LogP contribution < -0.4 is 5.32 Å². The highest BCUT2D eigenvalue weighted by Crippen LogP contribution is 2.07. The summed E-state index contributed by atoms with van der Waals surface area (Å²) in [7, 11) is 0. The first-order valence-electron chi connectivity index (χ1n) is 5.25. The van der Waals surface area contributed by atoms with Gasteiger partial charge in [0.05, 0.1) is 6.54 Å². The average Bonchev–Trinajstić information content (AvgIpc) is 2.71. The maximum absolute atomic E-state index is 8.80. The Hall–Kier alpha value is -0.450. The first kappa shape index (κ1) is 12.6. The third-order valence-corrected chi connectivity index (χ3v) is 2.82. The lowest BCUT2D eigenvalue weighted by molar-refractivity contribution is 0.243. The zero-order valence-electron chi connectivity index (χ0n) is 9.16. The number of hydrogen-bond donors (Lipinski definition) is 2. The molecule has 0 saturated carbocycles. The number of thioether (sulfide) groups is 1. The normalized spacial score (nSPS) is 10.8. The van der Waals surface area contributed by atoms with Crippen LogP contribution >= 0.6 is 11.8 Å². The second-order valence-electron chi connectivity index (χ2n) is 3.40. The molecule has 1 aromatic heterocycles. The van der Waals surface area contributed by atoms with Crippen molar-refractivity contribution in [1.82, 2.24) is 5.32 Å². The highest BCUT2D eigenvalue weighted by Gasteiger charge is 1.99. The van der Waals surface area contributed by atoms with E-state index >= 15 is 0 Å². The Kier molecular flexibility index (Phi) is 6.55. The van der Waals surface area contributed by atoms with Gasteiger partial charge >= 0.3 is 0 Å². The van der Waals surface area contributed by atoms with Crippen LogP contribution in [-0.4, -0.2) is 23.7 Å². The molecule has 3 nitrogen and oxygen atoms in total. The lowest BCUT2D eigenvalue weighted by Crippen LogP contribution is -2.14. The average molecular weight is 229 g/mol. The van der Waals surface area contributed by atoms with Gasteiger partial charge in [0, 0.05) is 0 Å². The summed E-state index contributed by atoms with van der Waals surface area (Å²) < 4.78 is 5.34. The van der Waals surface area contributed by atoms with Crippen molar-refractivity contribution in [1.29, 1.82) is 0 Å². The third kappa shape index (κ3) is 5.25. The van der Waals surface area contributed by atoms with Crippen LogP contribution in [-0.2, 0) is 13.2 Å². The van der Waals surface area contributed by atoms with E-state index in [2.05, 4.69) is 11.6 Å². The van der Waals surface area contributed by atoms with Gasteiger partial charge in [0.25, 0.3) is 0 Å². The Bertz CT molecular complexity index is 263. The van der Waals surface area contributed by atoms with E-state index in [0.29, 0.717) is 5.76 Å². The van der Waals surface area contributed by atoms with Crippen LogP contribution in [0.3, 0.4) is 0 Å². The van der Waals surface area contributed by atoms with E-state index in [9.17, 15) is 0 Å². The molecule has 86 valence electrons. The molecule has 1 rings (SSSR count). The molecule has 4 heteroatoms. The Morgan fingerprint density at radius 1 is 1.33 bits per heavy atom. The predicted molar refractivity (Wildman–Crippen MR) is 64.0 cm³/mol. The topological polar surface area (TPSA) is 45.4 Å². The molecule has 0 unspecified atom stereocenters. The molecule has 0 aliphatic heterocycles. The molecule has 0 aliphatic rings. The number of furan rings is 1. The second kappa shape index (κ2) is 7.79. The van der Waals surface area contributed by atoms with Gasteiger partial charge in [0.15, 0.2) is 0 Å². The Labute approximate surface area is 95.2 Å². The highest BCUT2D eigenvalue weighted by atomic mass is 32.2. The first-order chi connectivity index (χ1) is 7.36. The van der Waals surface area contributed by atoms with Crippen LogP contribution in [0, 0.1) is 0 Å². The van der Waals surface area contributed by atoms with Gasteiger partial charge in [-0.05, 0) is 43.5 Å². The molecular weight excluding hydrogens is 210 g/mol. The van der Waals surface area contributed by atoms with E-state index in [1.807, 2.05) is 23.9 Å². The Morgan fingerprint density at radius 3 is 2.80 bits per heavy atom. The number of aliphatic hydroxyl groups is 1. The van der Waals surface area contributed by atoms with Crippen molar-refractivity contribution in [2.45, 2.75) is 26.0 Å². The molecule has 2 N–H and O–H groups in total. The van der Waals surface area contributed by atoms with Crippen molar-refractivity contribution in [2.24, 2.45) is 0 Å². The van der Waals surface area contributed by atoms with Crippen molar-refractivity contribution in [2.75, 3.05) is 18.6 Å². The standard InChI is InChI=1S/C11H19NO2S/c1-15-7-3-2-6-12-8-10-4-5-11(9-13)14-10/h4-5,12-13H,2-3,6-9H2,1H3. The number of unbranched alkanes of at least 4 members (excludes halogenated alkanes) is 1. The highest BCUT2D eigenvalue weighted by molar-refractivity contribution is 7.98. The second-order valence-corrected chi connectivity index (χ2v) is 4.39. The molecular formula is C11H19NO2S. The molecule has 0 aromatic carbocycles. The summed E-state index contributed by atoms with van der Waals surface area (Å²) in [4.78, 5) is 0. The van der Waals surface area contributed by atoms with E-state index in [1.54, 1.807) is 0 Å². The first-order valence-corrected chi connectivity index (χ1v) is 6.64. The van der Waals surface area contributed by atoms with E-state index in [0.717, 1.165) is 18.8 Å². The fraction of sp³-hybridized carbons (Fsp3) is 0.636. The minimum atomic E-state index is -0.0201. The summed E-state index contributed by atoms with van der Waals surface area (Å²) in [6.07, 6.45) is 4.59. The van der Waals surface area contributed by atoms with Crippen LogP contribution in [0.15, 0.2) is 16.5 Å². The number of aliphatic hydroxyl groups excluding tert-OH is 1. The molecule has 0 aliphatic carbocycles. The summed E-state index contributed by atoms with van der Waals surface area (Å²) in [5, 5.41) is 12.1. The Balaban J connectivity index is 2.04. The molecule has 0 fully saturated rings. The summed E-state index contributed by atoms with van der Waals surface area (Å²) in [5.41, 5.74) is 0. The molecule has 1 aromatic rings. The van der Waals surface area contributed by atoms with Crippen molar-refractivity contribution in [3.63, 3.8) is 0 Å². The molecule has 0 spiro atoms. The van der Waals surface area contributed by atoms with Gasteiger partial charge in [0.1, 0.15) is 18.1 Å². The van der Waals surface area contributed by atoms with E-state index in [1.165, 1.54) is 18.6 Å². The van der Waals surface area contributed by atoms with Gasteiger partial charge in [-0.2, -0.15) is 11.8 Å². The quantitative estimate of drug-likeness (QED) is 0.669. The van der Waals surface area contributed by atoms with Crippen molar-refractivity contribution < 1.29 is 9.52 Å². The molecule has 15 heavy (non-hydrogen) atoms. The van der Waals surface area contributed by atoms with Gasteiger partial charge in [-0.3, -0.25) is 0 Å². The third-order valence-electron chi connectivity index (χ3n) is 2.12. The maximum atomic E-state index is 8.80. The van der Waals surface area contributed by atoms with Crippen LogP contribution in [0.4, 0.5) is 0 Å². The van der Waals surface area contributed by atoms with E-state index in [4.69, 9.17) is 9.52 Å². The van der Waals surface area contributed by atoms with Gasteiger partial charge < -0.3 is 14.8 Å². The summed E-state index contributed by atoms with van der Waals surface area (Å²) in [6.45, 7) is 1.75. The number of rotatable bonds is 8. The van der Waals surface area contributed by atoms with E-state index < -0.39 is 0 Å². The van der Waals surface area contributed by atoms with Crippen molar-refractivity contribution in [3.05, 3.63) is 23.7 Å². The fourth-order valence-electron chi connectivity index (χ4n) is 1.31. The maximum Gasteiger partial charge on any atom is 0.129 e.